The quantitative estimate of drug-likeness (QED) is 0.857. The molecule has 0 saturated carbocycles. The molecule has 1 aromatic heterocycles. The molecular weight excluding hydrogens is 240 g/mol. The van der Waals surface area contributed by atoms with Gasteiger partial charge in [-0.05, 0) is 6.07 Å². The maximum atomic E-state index is 11.0. The number of carbonyl (C=O) groups is 1. The first-order valence-electron chi connectivity index (χ1n) is 4.84. The number of nitrogens with two attached hydrogens (primary N) is 1. The third-order valence-electron chi connectivity index (χ3n) is 2.26. The highest BCUT2D eigenvalue weighted by atomic mass is 35.5. The number of hydrogen-bond donors (Lipinski definition) is 2. The van der Waals surface area contributed by atoms with Crippen molar-refractivity contribution in [3.63, 3.8) is 0 Å². The third kappa shape index (κ3) is 2.21. The predicted octanol–water partition coefficient (Wildman–Crippen LogP) is 2.68. The lowest BCUT2D eigenvalue weighted by molar-refractivity contribution is 0.0691. The van der Waals surface area contributed by atoms with Crippen LogP contribution in [-0.2, 0) is 0 Å². The lowest BCUT2D eigenvalue weighted by atomic mass is 10.1. The maximum absolute atomic E-state index is 11.0. The molecule has 2 rings (SSSR count). The minimum atomic E-state index is -1.19. The summed E-state index contributed by atoms with van der Waals surface area (Å²) in [5.41, 5.74) is 6.92. The van der Waals surface area contributed by atoms with Crippen molar-refractivity contribution >= 4 is 23.3 Å². The summed E-state index contributed by atoms with van der Waals surface area (Å²) in [6.45, 7) is 0. The van der Waals surface area contributed by atoms with E-state index >= 15 is 0 Å². The Morgan fingerprint density at radius 3 is 2.53 bits per heavy atom. The first kappa shape index (κ1) is 11.4. The second-order valence-electron chi connectivity index (χ2n) is 3.43. The molecule has 86 valence electrons. The van der Waals surface area contributed by atoms with E-state index in [9.17, 15) is 4.79 Å². The smallest absolute Gasteiger partial charge is 0.356 e. The van der Waals surface area contributed by atoms with E-state index in [2.05, 4.69) is 4.98 Å². The van der Waals surface area contributed by atoms with Crippen LogP contribution in [0.15, 0.2) is 36.4 Å². The highest BCUT2D eigenvalue weighted by molar-refractivity contribution is 6.35. The number of anilines is 1. The zero-order valence-electron chi connectivity index (χ0n) is 8.72. The summed E-state index contributed by atoms with van der Waals surface area (Å²) in [5, 5.41) is 8.93. The second kappa shape index (κ2) is 4.43. The van der Waals surface area contributed by atoms with Gasteiger partial charge in [0, 0.05) is 5.56 Å². The van der Waals surface area contributed by atoms with E-state index in [1.807, 2.05) is 30.3 Å². The normalized spacial score (nSPS) is 10.2. The number of rotatable bonds is 2. The zero-order valence-corrected chi connectivity index (χ0v) is 9.48. The molecule has 0 fully saturated rings. The molecule has 2 aromatic rings. The maximum Gasteiger partial charge on any atom is 0.356 e. The average molecular weight is 249 g/mol. The van der Waals surface area contributed by atoms with Crippen LogP contribution in [0.1, 0.15) is 10.5 Å². The Hall–Kier alpha value is -2.07. The number of benzene rings is 1. The van der Waals surface area contributed by atoms with E-state index in [1.165, 1.54) is 0 Å². The molecule has 1 heterocycles. The average Bonchev–Trinajstić information content (AvgIpc) is 2.33. The molecule has 4 nitrogen and oxygen atoms in total. The van der Waals surface area contributed by atoms with Crippen molar-refractivity contribution in [2.75, 3.05) is 5.73 Å². The van der Waals surface area contributed by atoms with Gasteiger partial charge in [0.05, 0.1) is 16.4 Å². The molecule has 0 amide bonds. The summed E-state index contributed by atoms with van der Waals surface area (Å²) in [5.74, 6) is -1.19. The number of carboxylic acid groups (broad SMARTS) is 1. The fraction of sp³-hybridized carbons (Fsp3) is 0. The van der Waals surface area contributed by atoms with Crippen molar-refractivity contribution < 1.29 is 9.90 Å². The van der Waals surface area contributed by atoms with E-state index in [4.69, 9.17) is 22.4 Å². The number of nitrogen functional groups attached to an aromatic ring is 1. The van der Waals surface area contributed by atoms with Gasteiger partial charge in [-0.15, -0.1) is 0 Å². The lowest BCUT2D eigenvalue weighted by Crippen LogP contribution is -2.05. The van der Waals surface area contributed by atoms with Crippen LogP contribution < -0.4 is 5.73 Å². The molecule has 0 saturated heterocycles. The van der Waals surface area contributed by atoms with Gasteiger partial charge in [0.25, 0.3) is 0 Å². The molecule has 0 aliphatic carbocycles. The van der Waals surface area contributed by atoms with Gasteiger partial charge >= 0.3 is 5.97 Å². The molecule has 17 heavy (non-hydrogen) atoms. The summed E-state index contributed by atoms with van der Waals surface area (Å²) in [6, 6.07) is 10.7. The standard InChI is InChI=1S/C12H9ClN2O2/c13-10-8(14)6-9(15-11(10)12(16)17)7-4-2-1-3-5-7/h1-6H,(H2,14,15)(H,16,17). The molecule has 0 aliphatic rings. The Labute approximate surface area is 103 Å². The lowest BCUT2D eigenvalue weighted by Gasteiger charge is -2.06. The molecular formula is C12H9ClN2O2. The van der Waals surface area contributed by atoms with Crippen molar-refractivity contribution in [3.8, 4) is 11.3 Å². The first-order chi connectivity index (χ1) is 8.09. The largest absolute Gasteiger partial charge is 0.476 e. The van der Waals surface area contributed by atoms with Crippen LogP contribution in [0.25, 0.3) is 11.3 Å². The number of nitrogens with zero attached hydrogens (tertiary/aromatic N) is 1. The van der Waals surface area contributed by atoms with Gasteiger partial charge in [-0.3, -0.25) is 0 Å². The minimum Gasteiger partial charge on any atom is -0.476 e. The van der Waals surface area contributed by atoms with Crippen LogP contribution in [0.5, 0.6) is 0 Å². The van der Waals surface area contributed by atoms with Crippen LogP contribution in [-0.4, -0.2) is 16.1 Å². The van der Waals surface area contributed by atoms with E-state index < -0.39 is 5.97 Å². The van der Waals surface area contributed by atoms with Gasteiger partial charge in [0.1, 0.15) is 0 Å². The summed E-state index contributed by atoms with van der Waals surface area (Å²) in [4.78, 5) is 14.9. The molecule has 0 spiro atoms. The van der Waals surface area contributed by atoms with Crippen LogP contribution in [0.2, 0.25) is 5.02 Å². The zero-order chi connectivity index (χ0) is 12.4. The summed E-state index contributed by atoms with van der Waals surface area (Å²) in [6.07, 6.45) is 0. The SMILES string of the molecule is Nc1cc(-c2ccccc2)nc(C(=O)O)c1Cl. The van der Waals surface area contributed by atoms with Crippen LogP contribution in [0.4, 0.5) is 5.69 Å². The van der Waals surface area contributed by atoms with Crippen LogP contribution >= 0.6 is 11.6 Å². The molecule has 3 N–H and O–H groups in total. The Balaban J connectivity index is 2.61. The van der Waals surface area contributed by atoms with Gasteiger partial charge in [0.15, 0.2) is 5.69 Å². The Morgan fingerprint density at radius 1 is 1.29 bits per heavy atom. The summed E-state index contributed by atoms with van der Waals surface area (Å²) < 4.78 is 0. The molecule has 1 aromatic carbocycles. The monoisotopic (exact) mass is 248 g/mol. The molecule has 0 atom stereocenters. The van der Waals surface area contributed by atoms with E-state index in [0.717, 1.165) is 5.56 Å². The Bertz CT molecular complexity index is 570. The van der Waals surface area contributed by atoms with Gasteiger partial charge in [-0.2, -0.15) is 0 Å². The van der Waals surface area contributed by atoms with Crippen molar-refractivity contribution in [2.24, 2.45) is 0 Å². The number of pyridine rings is 1. The summed E-state index contributed by atoms with van der Waals surface area (Å²) >= 11 is 5.78. The van der Waals surface area contributed by atoms with Gasteiger partial charge in [-0.25, -0.2) is 9.78 Å². The van der Waals surface area contributed by atoms with Crippen molar-refractivity contribution in [3.05, 3.63) is 47.1 Å². The van der Waals surface area contributed by atoms with E-state index in [-0.39, 0.29) is 16.4 Å². The van der Waals surface area contributed by atoms with Crippen molar-refractivity contribution in [1.82, 2.24) is 4.98 Å². The van der Waals surface area contributed by atoms with Gasteiger partial charge in [-0.1, -0.05) is 41.9 Å². The second-order valence-corrected chi connectivity index (χ2v) is 3.81. The van der Waals surface area contributed by atoms with Crippen molar-refractivity contribution in [2.45, 2.75) is 0 Å². The van der Waals surface area contributed by atoms with Gasteiger partial charge < -0.3 is 10.8 Å². The van der Waals surface area contributed by atoms with Crippen LogP contribution in [0.3, 0.4) is 0 Å². The van der Waals surface area contributed by atoms with Crippen molar-refractivity contribution in [1.29, 1.82) is 0 Å². The molecule has 0 radical (unpaired) electrons. The molecule has 0 bridgehead atoms. The molecule has 0 aliphatic heterocycles. The number of hydrogen-bond acceptors (Lipinski definition) is 3. The first-order valence-corrected chi connectivity index (χ1v) is 5.22. The topological polar surface area (TPSA) is 76.2 Å². The highest BCUT2D eigenvalue weighted by Crippen LogP contribution is 2.27. The minimum absolute atomic E-state index is 0.0304. The number of aromatic carboxylic acids is 1. The fourth-order valence-corrected chi connectivity index (χ4v) is 1.63. The molecule has 0 unspecified atom stereocenters. The number of aromatic nitrogens is 1. The number of halogens is 1. The summed E-state index contributed by atoms with van der Waals surface area (Å²) in [7, 11) is 0. The van der Waals surface area contributed by atoms with Gasteiger partial charge in [0.2, 0.25) is 0 Å². The predicted molar refractivity (Wildman–Crippen MR) is 66.1 cm³/mol. The Kier molecular flexibility index (Phi) is 2.97. The highest BCUT2D eigenvalue weighted by Gasteiger charge is 2.15. The third-order valence-corrected chi connectivity index (χ3v) is 2.66. The number of carboxylic acids is 1. The van der Waals surface area contributed by atoms with Crippen LogP contribution in [0, 0.1) is 0 Å². The molecule has 5 heteroatoms. The fourth-order valence-electron chi connectivity index (χ4n) is 1.45. The van der Waals surface area contributed by atoms with E-state index in [0.29, 0.717) is 5.69 Å². The van der Waals surface area contributed by atoms with E-state index in [1.54, 1.807) is 6.07 Å². The Morgan fingerprint density at radius 2 is 1.94 bits per heavy atom.